The molecule has 0 saturated heterocycles. The summed E-state index contributed by atoms with van der Waals surface area (Å²) in [6.07, 6.45) is 6.32. The minimum absolute atomic E-state index is 0.0317. The van der Waals surface area contributed by atoms with Gasteiger partial charge in [0.05, 0.1) is 10.3 Å². The molecule has 0 unspecified atom stereocenters. The highest BCUT2D eigenvalue weighted by Crippen LogP contribution is 2.39. The summed E-state index contributed by atoms with van der Waals surface area (Å²) in [5, 5.41) is 16.4. The Bertz CT molecular complexity index is 1210. The number of nitrogens with zero attached hydrogens (tertiary/aromatic N) is 5. The number of fused-ring (bicyclic) bond motifs is 5. The average Bonchev–Trinajstić information content (AvgIpc) is 3.32. The minimum Gasteiger partial charge on any atom is -0.486 e. The number of nitro benzene ring substituents is 1. The molecule has 29 heavy (non-hydrogen) atoms. The fourth-order valence-electron chi connectivity index (χ4n) is 3.91. The van der Waals surface area contributed by atoms with Gasteiger partial charge in [0.2, 0.25) is 0 Å². The van der Waals surface area contributed by atoms with E-state index in [0.29, 0.717) is 11.6 Å². The van der Waals surface area contributed by atoms with E-state index in [1.54, 1.807) is 34.3 Å². The molecule has 4 aromatic rings. The van der Waals surface area contributed by atoms with Crippen LogP contribution in [0.5, 0.6) is 5.75 Å². The molecule has 0 spiro atoms. The van der Waals surface area contributed by atoms with Crippen LogP contribution >= 0.6 is 11.3 Å². The molecule has 3 heterocycles. The largest absolute Gasteiger partial charge is 0.486 e. The van der Waals surface area contributed by atoms with Crippen molar-refractivity contribution in [3.63, 3.8) is 0 Å². The monoisotopic (exact) mass is 409 g/mol. The third-order valence-corrected chi connectivity index (χ3v) is 6.69. The van der Waals surface area contributed by atoms with E-state index in [0.717, 1.165) is 34.6 Å². The lowest BCUT2D eigenvalue weighted by Gasteiger charge is -2.20. The Morgan fingerprint density at radius 3 is 2.93 bits per heavy atom. The highest BCUT2D eigenvalue weighted by Gasteiger charge is 2.24. The van der Waals surface area contributed by atoms with Crippen LogP contribution in [0.15, 0.2) is 30.6 Å². The van der Waals surface area contributed by atoms with Crippen LogP contribution in [0.2, 0.25) is 0 Å². The van der Waals surface area contributed by atoms with Crippen molar-refractivity contribution >= 4 is 32.9 Å². The zero-order chi connectivity index (χ0) is 20.0. The number of ether oxygens (including phenoxy) is 1. The van der Waals surface area contributed by atoms with Crippen molar-refractivity contribution in [2.45, 2.75) is 39.2 Å². The van der Waals surface area contributed by atoms with Gasteiger partial charge in [-0.15, -0.1) is 16.4 Å². The number of benzene rings is 1. The van der Waals surface area contributed by atoms with E-state index in [9.17, 15) is 10.1 Å². The first-order valence-corrected chi connectivity index (χ1v) is 10.5. The third kappa shape index (κ3) is 3.21. The van der Waals surface area contributed by atoms with Crippen molar-refractivity contribution in [2.75, 3.05) is 0 Å². The van der Waals surface area contributed by atoms with Crippen LogP contribution in [-0.2, 0) is 19.4 Å². The quantitative estimate of drug-likeness (QED) is 0.359. The summed E-state index contributed by atoms with van der Waals surface area (Å²) in [7, 11) is 0. The zero-order valence-electron chi connectivity index (χ0n) is 15.9. The molecule has 0 saturated carbocycles. The Hall–Kier alpha value is -3.07. The van der Waals surface area contributed by atoms with Gasteiger partial charge >= 0.3 is 0 Å². The van der Waals surface area contributed by atoms with Crippen molar-refractivity contribution in [3.05, 3.63) is 57.0 Å². The van der Waals surface area contributed by atoms with Gasteiger partial charge in [-0.2, -0.15) is 0 Å². The second-order valence-corrected chi connectivity index (χ2v) is 8.37. The molecular weight excluding hydrogens is 390 g/mol. The molecule has 1 aliphatic carbocycles. The predicted molar refractivity (Wildman–Crippen MR) is 109 cm³/mol. The van der Waals surface area contributed by atoms with E-state index in [4.69, 9.17) is 9.72 Å². The molecule has 0 N–H and O–H groups in total. The Kier molecular flexibility index (Phi) is 4.39. The summed E-state index contributed by atoms with van der Waals surface area (Å²) >= 11 is 1.78. The molecule has 1 atom stereocenters. The van der Waals surface area contributed by atoms with Crippen molar-refractivity contribution in [1.82, 2.24) is 19.6 Å². The smallest absolute Gasteiger partial charge is 0.269 e. The molecule has 9 heteroatoms. The van der Waals surface area contributed by atoms with Crippen LogP contribution in [-0.4, -0.2) is 24.5 Å². The maximum Gasteiger partial charge on any atom is 0.269 e. The van der Waals surface area contributed by atoms with Crippen LogP contribution in [0.4, 0.5) is 5.69 Å². The summed E-state index contributed by atoms with van der Waals surface area (Å²) in [5.74, 6) is 1.85. The Balaban J connectivity index is 1.43. The molecule has 0 bridgehead atoms. The second kappa shape index (κ2) is 7.07. The van der Waals surface area contributed by atoms with Gasteiger partial charge in [0.25, 0.3) is 5.69 Å². The average molecular weight is 409 g/mol. The summed E-state index contributed by atoms with van der Waals surface area (Å²) in [4.78, 5) is 22.1. The Morgan fingerprint density at radius 1 is 1.34 bits per heavy atom. The van der Waals surface area contributed by atoms with Gasteiger partial charge in [-0.05, 0) is 42.9 Å². The van der Waals surface area contributed by atoms with Crippen molar-refractivity contribution in [2.24, 2.45) is 5.92 Å². The summed E-state index contributed by atoms with van der Waals surface area (Å²) in [6, 6.07) is 5.99. The number of aromatic nitrogens is 4. The lowest BCUT2D eigenvalue weighted by Crippen LogP contribution is -2.11. The SMILES string of the molecule is CC[C@@H]1CCc2c(sc3ncn4nc(COc5ccc([N+](=O)[O-])cc5)nc4c23)C1. The van der Waals surface area contributed by atoms with E-state index in [1.807, 2.05) is 0 Å². The first kappa shape index (κ1) is 18.0. The number of rotatable bonds is 5. The maximum atomic E-state index is 10.8. The summed E-state index contributed by atoms with van der Waals surface area (Å²) in [5.41, 5.74) is 2.23. The zero-order valence-corrected chi connectivity index (χ0v) is 16.7. The number of hydrogen-bond donors (Lipinski definition) is 0. The number of non-ortho nitro benzene ring substituents is 1. The fraction of sp³-hybridized carbons (Fsp3) is 0.350. The van der Waals surface area contributed by atoms with Gasteiger partial charge in [-0.3, -0.25) is 10.1 Å². The van der Waals surface area contributed by atoms with Gasteiger partial charge in [-0.25, -0.2) is 14.5 Å². The molecule has 1 aliphatic rings. The maximum absolute atomic E-state index is 10.8. The molecule has 0 fully saturated rings. The van der Waals surface area contributed by atoms with Gasteiger partial charge in [0, 0.05) is 17.0 Å². The van der Waals surface area contributed by atoms with E-state index in [1.165, 1.54) is 35.4 Å². The predicted octanol–water partition coefficient (Wildman–Crippen LogP) is 4.34. The minimum atomic E-state index is -0.435. The highest BCUT2D eigenvalue weighted by molar-refractivity contribution is 7.19. The van der Waals surface area contributed by atoms with Crippen LogP contribution in [0.1, 0.15) is 36.0 Å². The molecule has 1 aromatic carbocycles. The molecule has 5 rings (SSSR count). The van der Waals surface area contributed by atoms with Crippen molar-refractivity contribution in [1.29, 1.82) is 0 Å². The lowest BCUT2D eigenvalue weighted by atomic mass is 9.86. The van der Waals surface area contributed by atoms with Gasteiger partial charge in [0.15, 0.2) is 11.5 Å². The van der Waals surface area contributed by atoms with Crippen LogP contribution in [0.25, 0.3) is 15.9 Å². The number of hydrogen-bond acceptors (Lipinski definition) is 7. The molecule has 0 aliphatic heterocycles. The lowest BCUT2D eigenvalue weighted by molar-refractivity contribution is -0.384. The van der Waals surface area contributed by atoms with E-state index >= 15 is 0 Å². The van der Waals surface area contributed by atoms with Crippen LogP contribution in [0.3, 0.4) is 0 Å². The van der Waals surface area contributed by atoms with E-state index in [-0.39, 0.29) is 12.3 Å². The van der Waals surface area contributed by atoms with Crippen molar-refractivity contribution < 1.29 is 9.66 Å². The number of thiophene rings is 1. The first-order valence-electron chi connectivity index (χ1n) is 9.64. The van der Waals surface area contributed by atoms with Crippen LogP contribution in [0, 0.1) is 16.0 Å². The first-order chi connectivity index (χ1) is 14.1. The third-order valence-electron chi connectivity index (χ3n) is 5.52. The van der Waals surface area contributed by atoms with Gasteiger partial charge in [0.1, 0.15) is 23.5 Å². The second-order valence-electron chi connectivity index (χ2n) is 7.28. The summed E-state index contributed by atoms with van der Waals surface area (Å²) < 4.78 is 7.43. The van der Waals surface area contributed by atoms with Gasteiger partial charge in [-0.1, -0.05) is 13.3 Å². The molecular formula is C20H19N5O3S. The van der Waals surface area contributed by atoms with Gasteiger partial charge < -0.3 is 4.74 Å². The van der Waals surface area contributed by atoms with Crippen LogP contribution < -0.4 is 4.74 Å². The Labute approximate surface area is 170 Å². The van der Waals surface area contributed by atoms with E-state index in [2.05, 4.69) is 17.0 Å². The van der Waals surface area contributed by atoms with E-state index < -0.39 is 4.92 Å². The standard InChI is InChI=1S/C20H19N5O3S/c1-2-12-3-8-15-16(9-12)29-20-18(15)19-22-17(23-24(19)11-21-20)10-28-14-6-4-13(5-7-14)25(26)27/h4-7,11-12H,2-3,8-10H2,1H3/t12-/m1/s1. The van der Waals surface area contributed by atoms with Crippen molar-refractivity contribution in [3.8, 4) is 5.75 Å². The number of aryl methyl sites for hydroxylation is 1. The molecule has 0 amide bonds. The number of nitro groups is 1. The molecule has 3 aromatic heterocycles. The molecule has 0 radical (unpaired) electrons. The molecule has 148 valence electrons. The summed E-state index contributed by atoms with van der Waals surface area (Å²) in [6.45, 7) is 2.44. The fourth-order valence-corrected chi connectivity index (χ4v) is 5.20. The highest BCUT2D eigenvalue weighted by atomic mass is 32.1. The molecule has 8 nitrogen and oxygen atoms in total. The normalized spacial score (nSPS) is 16.2. The topological polar surface area (TPSA) is 95.5 Å². The Morgan fingerprint density at radius 2 is 2.17 bits per heavy atom.